The van der Waals surface area contributed by atoms with Gasteiger partial charge in [0.2, 0.25) is 0 Å². The average Bonchev–Trinajstić information content (AvgIpc) is 2.33. The lowest BCUT2D eigenvalue weighted by Crippen LogP contribution is -2.21. The Balaban J connectivity index is 2.29. The second kappa shape index (κ2) is 5.09. The molecule has 1 fully saturated rings. The van der Waals surface area contributed by atoms with Crippen LogP contribution in [-0.2, 0) is 4.79 Å². The third-order valence-electron chi connectivity index (χ3n) is 3.49. The molecule has 1 aliphatic rings. The maximum Gasteiger partial charge on any atom is 0.140 e. The molecule has 1 aromatic carbocycles. The van der Waals surface area contributed by atoms with Crippen LogP contribution < -0.4 is 4.74 Å². The Morgan fingerprint density at radius 2 is 2.18 bits per heavy atom. The molecule has 2 rings (SSSR count). The van der Waals surface area contributed by atoms with Crippen LogP contribution in [0.15, 0.2) is 18.2 Å². The zero-order valence-electron chi connectivity index (χ0n) is 10.2. The molecule has 2 nitrogen and oxygen atoms in total. The van der Waals surface area contributed by atoms with E-state index in [1.807, 2.05) is 18.2 Å². The monoisotopic (exact) mass is 252 g/mol. The van der Waals surface area contributed by atoms with Crippen molar-refractivity contribution in [2.45, 2.75) is 32.1 Å². The Morgan fingerprint density at radius 1 is 1.41 bits per heavy atom. The molecule has 2 unspecified atom stereocenters. The van der Waals surface area contributed by atoms with Crippen LogP contribution >= 0.6 is 11.6 Å². The number of carbonyl (C=O) groups is 1. The zero-order chi connectivity index (χ0) is 12.4. The molecule has 1 saturated carbocycles. The molecule has 0 aromatic heterocycles. The predicted octanol–water partition coefficient (Wildman–Crippen LogP) is 3.82. The molecule has 0 radical (unpaired) electrons. The number of ether oxygens (including phenoxy) is 1. The van der Waals surface area contributed by atoms with Crippen LogP contribution in [0.2, 0.25) is 5.02 Å². The minimum absolute atomic E-state index is 0.0184. The van der Waals surface area contributed by atoms with Crippen LogP contribution in [-0.4, -0.2) is 12.9 Å². The Kier molecular flexibility index (Phi) is 3.72. The van der Waals surface area contributed by atoms with Crippen molar-refractivity contribution in [2.24, 2.45) is 5.92 Å². The van der Waals surface area contributed by atoms with Crippen LogP contribution in [0.4, 0.5) is 0 Å². The first kappa shape index (κ1) is 12.4. The van der Waals surface area contributed by atoms with Gasteiger partial charge in [0.25, 0.3) is 0 Å². The van der Waals surface area contributed by atoms with Crippen molar-refractivity contribution in [1.29, 1.82) is 0 Å². The lowest BCUT2D eigenvalue weighted by molar-refractivity contribution is -0.122. The number of carbonyl (C=O) groups excluding carboxylic acids is 1. The highest BCUT2D eigenvalue weighted by molar-refractivity contribution is 6.32. The van der Waals surface area contributed by atoms with Crippen molar-refractivity contribution in [2.75, 3.05) is 7.11 Å². The first-order valence-electron chi connectivity index (χ1n) is 5.98. The second-order valence-electron chi connectivity index (χ2n) is 4.79. The fraction of sp³-hybridized carbons (Fsp3) is 0.500. The molecular formula is C14H17ClO2. The van der Waals surface area contributed by atoms with E-state index in [9.17, 15) is 4.79 Å². The van der Waals surface area contributed by atoms with Gasteiger partial charge in [-0.05, 0) is 36.5 Å². The lowest BCUT2D eigenvalue weighted by atomic mass is 9.78. The molecule has 1 aliphatic carbocycles. The number of rotatable bonds is 2. The SMILES string of the molecule is COc1cc(C2CC(C)CCC2=O)ccc1Cl. The number of hydrogen-bond donors (Lipinski definition) is 0. The summed E-state index contributed by atoms with van der Waals surface area (Å²) < 4.78 is 5.20. The summed E-state index contributed by atoms with van der Waals surface area (Å²) in [5, 5.41) is 0.590. The van der Waals surface area contributed by atoms with E-state index in [4.69, 9.17) is 16.3 Å². The second-order valence-corrected chi connectivity index (χ2v) is 5.20. The Labute approximate surface area is 107 Å². The Morgan fingerprint density at radius 3 is 2.88 bits per heavy atom. The van der Waals surface area contributed by atoms with Gasteiger partial charge in [-0.3, -0.25) is 4.79 Å². The smallest absolute Gasteiger partial charge is 0.140 e. The van der Waals surface area contributed by atoms with E-state index in [1.165, 1.54) is 0 Å². The van der Waals surface area contributed by atoms with E-state index in [0.29, 0.717) is 28.9 Å². The number of hydrogen-bond acceptors (Lipinski definition) is 2. The van der Waals surface area contributed by atoms with E-state index < -0.39 is 0 Å². The third kappa shape index (κ3) is 2.63. The first-order chi connectivity index (χ1) is 8.11. The maximum atomic E-state index is 12.0. The Hall–Kier alpha value is -1.02. The van der Waals surface area contributed by atoms with E-state index in [-0.39, 0.29) is 5.92 Å². The van der Waals surface area contributed by atoms with Gasteiger partial charge in [-0.1, -0.05) is 24.6 Å². The van der Waals surface area contributed by atoms with Gasteiger partial charge in [0.15, 0.2) is 0 Å². The summed E-state index contributed by atoms with van der Waals surface area (Å²) in [4.78, 5) is 12.0. The van der Waals surface area contributed by atoms with E-state index in [2.05, 4.69) is 6.92 Å². The summed E-state index contributed by atoms with van der Waals surface area (Å²) in [6, 6.07) is 5.64. The van der Waals surface area contributed by atoms with Crippen molar-refractivity contribution in [3.8, 4) is 5.75 Å². The number of benzene rings is 1. The molecule has 2 atom stereocenters. The number of methoxy groups -OCH3 is 1. The summed E-state index contributed by atoms with van der Waals surface area (Å²) in [7, 11) is 1.59. The minimum atomic E-state index is 0.0184. The molecule has 0 spiro atoms. The number of Topliss-reactive ketones (excluding diaryl/α,β-unsaturated/α-hetero) is 1. The highest BCUT2D eigenvalue weighted by Crippen LogP contribution is 2.36. The van der Waals surface area contributed by atoms with Crippen molar-refractivity contribution >= 4 is 17.4 Å². The van der Waals surface area contributed by atoms with Crippen molar-refractivity contribution in [1.82, 2.24) is 0 Å². The zero-order valence-corrected chi connectivity index (χ0v) is 11.0. The third-order valence-corrected chi connectivity index (χ3v) is 3.80. The largest absolute Gasteiger partial charge is 0.495 e. The van der Waals surface area contributed by atoms with Crippen molar-refractivity contribution in [3.63, 3.8) is 0 Å². The summed E-state index contributed by atoms with van der Waals surface area (Å²) >= 11 is 5.99. The van der Waals surface area contributed by atoms with Crippen molar-refractivity contribution < 1.29 is 9.53 Å². The normalized spacial score (nSPS) is 24.8. The minimum Gasteiger partial charge on any atom is -0.495 e. The van der Waals surface area contributed by atoms with Gasteiger partial charge in [-0.25, -0.2) is 0 Å². The fourth-order valence-electron chi connectivity index (χ4n) is 2.43. The average molecular weight is 253 g/mol. The molecule has 0 bridgehead atoms. The number of halogens is 1. The van der Waals surface area contributed by atoms with Gasteiger partial charge in [0, 0.05) is 12.3 Å². The molecule has 92 valence electrons. The van der Waals surface area contributed by atoms with Gasteiger partial charge < -0.3 is 4.74 Å². The molecule has 0 heterocycles. The standard InChI is InChI=1S/C14H17ClO2/c1-9-3-6-13(16)11(7-9)10-4-5-12(15)14(8-10)17-2/h4-5,8-9,11H,3,6-7H2,1-2H3. The molecule has 0 N–H and O–H groups in total. The summed E-state index contributed by atoms with van der Waals surface area (Å²) in [5.74, 6) is 1.62. The lowest BCUT2D eigenvalue weighted by Gasteiger charge is -2.26. The van der Waals surface area contributed by atoms with Crippen LogP contribution in [0.1, 0.15) is 37.7 Å². The number of ketones is 1. The van der Waals surface area contributed by atoms with Crippen molar-refractivity contribution in [3.05, 3.63) is 28.8 Å². The highest BCUT2D eigenvalue weighted by Gasteiger charge is 2.28. The molecule has 3 heteroatoms. The first-order valence-corrected chi connectivity index (χ1v) is 6.35. The van der Waals surface area contributed by atoms with Gasteiger partial charge in [-0.2, -0.15) is 0 Å². The maximum absolute atomic E-state index is 12.0. The topological polar surface area (TPSA) is 26.3 Å². The highest BCUT2D eigenvalue weighted by atomic mass is 35.5. The van der Waals surface area contributed by atoms with Gasteiger partial charge in [0.05, 0.1) is 12.1 Å². The van der Waals surface area contributed by atoms with Crippen LogP contribution in [0.25, 0.3) is 0 Å². The molecular weight excluding hydrogens is 236 g/mol. The molecule has 17 heavy (non-hydrogen) atoms. The summed E-state index contributed by atoms with van der Waals surface area (Å²) in [5.41, 5.74) is 1.03. The molecule has 0 amide bonds. The molecule has 0 aliphatic heterocycles. The van der Waals surface area contributed by atoms with E-state index >= 15 is 0 Å². The molecule has 0 saturated heterocycles. The van der Waals surface area contributed by atoms with Gasteiger partial charge in [-0.15, -0.1) is 0 Å². The van der Waals surface area contributed by atoms with Gasteiger partial charge in [0.1, 0.15) is 11.5 Å². The summed E-state index contributed by atoms with van der Waals surface area (Å²) in [6.07, 6.45) is 2.64. The fourth-order valence-corrected chi connectivity index (χ4v) is 2.62. The van der Waals surface area contributed by atoms with Crippen LogP contribution in [0.3, 0.4) is 0 Å². The van der Waals surface area contributed by atoms with E-state index in [1.54, 1.807) is 7.11 Å². The predicted molar refractivity (Wildman–Crippen MR) is 68.8 cm³/mol. The van der Waals surface area contributed by atoms with Crippen LogP contribution in [0, 0.1) is 5.92 Å². The molecule has 1 aromatic rings. The van der Waals surface area contributed by atoms with Gasteiger partial charge >= 0.3 is 0 Å². The summed E-state index contributed by atoms with van der Waals surface area (Å²) in [6.45, 7) is 2.20. The quantitative estimate of drug-likeness (QED) is 0.800. The van der Waals surface area contributed by atoms with Crippen LogP contribution in [0.5, 0.6) is 5.75 Å². The van der Waals surface area contributed by atoms with E-state index in [0.717, 1.165) is 18.4 Å². The Bertz CT molecular complexity index is 428.